The maximum Gasteiger partial charge on any atom is 0.256 e. The van der Waals surface area contributed by atoms with Crippen LogP contribution in [0.2, 0.25) is 0 Å². The summed E-state index contributed by atoms with van der Waals surface area (Å²) in [5.74, 6) is -0.193. The number of benzene rings is 2. The molecule has 0 heterocycles. The lowest BCUT2D eigenvalue weighted by Crippen LogP contribution is -2.13. The Morgan fingerprint density at radius 2 is 1.68 bits per heavy atom. The molecule has 98 valence electrons. The lowest BCUT2D eigenvalue weighted by atomic mass is 10.2. The molecule has 19 heavy (non-hydrogen) atoms. The normalized spacial score (nSPS) is 10.3. The van der Waals surface area contributed by atoms with E-state index in [0.717, 1.165) is 18.3 Å². The highest BCUT2D eigenvalue weighted by atomic mass is 79.9. The summed E-state index contributed by atoms with van der Waals surface area (Å²) in [6.07, 6.45) is 0. The highest BCUT2D eigenvalue weighted by molar-refractivity contribution is 9.11. The molecule has 0 aliphatic heterocycles. The van der Waals surface area contributed by atoms with Crippen LogP contribution in [0.15, 0.2) is 54.7 Å². The molecular formula is C13H8Br3NOS. The monoisotopic (exact) mass is 463 g/mol. The SMILES string of the molecule is O=C(Nc1cc(Br)ccc1Br)c1cc(S)ccc1Br. The summed E-state index contributed by atoms with van der Waals surface area (Å²) in [6, 6.07) is 10.9. The number of amides is 1. The number of carbonyl (C=O) groups excluding carboxylic acids is 1. The lowest BCUT2D eigenvalue weighted by Gasteiger charge is -2.09. The average molecular weight is 466 g/mol. The Morgan fingerprint density at radius 1 is 1.00 bits per heavy atom. The van der Waals surface area contributed by atoms with Crippen LogP contribution in [0.25, 0.3) is 0 Å². The molecule has 0 aliphatic carbocycles. The Bertz CT molecular complexity index is 646. The second-order valence-electron chi connectivity index (χ2n) is 3.74. The zero-order chi connectivity index (χ0) is 14.0. The van der Waals surface area contributed by atoms with Crippen molar-refractivity contribution in [2.45, 2.75) is 4.90 Å². The van der Waals surface area contributed by atoms with Gasteiger partial charge in [0.05, 0.1) is 11.3 Å². The molecule has 0 atom stereocenters. The van der Waals surface area contributed by atoms with Gasteiger partial charge >= 0.3 is 0 Å². The van der Waals surface area contributed by atoms with Gasteiger partial charge in [-0.15, -0.1) is 12.6 Å². The van der Waals surface area contributed by atoms with Crippen molar-refractivity contribution in [2.75, 3.05) is 5.32 Å². The van der Waals surface area contributed by atoms with Crippen molar-refractivity contribution in [3.63, 3.8) is 0 Å². The molecule has 0 saturated carbocycles. The van der Waals surface area contributed by atoms with Gasteiger partial charge in [-0.2, -0.15) is 0 Å². The van der Waals surface area contributed by atoms with Crippen LogP contribution in [-0.2, 0) is 0 Å². The first-order valence-corrected chi connectivity index (χ1v) is 8.05. The molecule has 0 bridgehead atoms. The first kappa shape index (κ1) is 15.1. The van der Waals surface area contributed by atoms with Crippen molar-refractivity contribution < 1.29 is 4.79 Å². The molecule has 1 amide bonds. The third-order valence-electron chi connectivity index (χ3n) is 2.37. The van der Waals surface area contributed by atoms with E-state index in [-0.39, 0.29) is 5.91 Å². The summed E-state index contributed by atoms with van der Waals surface area (Å²) < 4.78 is 2.45. The molecule has 2 aromatic carbocycles. The molecule has 0 radical (unpaired) electrons. The van der Waals surface area contributed by atoms with E-state index in [1.165, 1.54) is 0 Å². The Hall–Kier alpha value is -0.300. The third-order valence-corrected chi connectivity index (χ3v) is 4.53. The molecule has 0 spiro atoms. The first-order valence-electron chi connectivity index (χ1n) is 5.22. The molecule has 0 aromatic heterocycles. The van der Waals surface area contributed by atoms with E-state index in [2.05, 4.69) is 65.7 Å². The van der Waals surface area contributed by atoms with Crippen LogP contribution in [0, 0.1) is 0 Å². The van der Waals surface area contributed by atoms with Crippen LogP contribution >= 0.6 is 60.4 Å². The zero-order valence-electron chi connectivity index (χ0n) is 9.45. The van der Waals surface area contributed by atoms with Crippen LogP contribution in [-0.4, -0.2) is 5.91 Å². The molecule has 1 N–H and O–H groups in total. The van der Waals surface area contributed by atoms with Crippen molar-refractivity contribution in [1.29, 1.82) is 0 Å². The van der Waals surface area contributed by atoms with E-state index in [0.29, 0.717) is 11.3 Å². The fourth-order valence-corrected chi connectivity index (χ4v) is 2.81. The van der Waals surface area contributed by atoms with Gasteiger partial charge in [0, 0.05) is 18.3 Å². The fourth-order valence-electron chi connectivity index (χ4n) is 1.47. The van der Waals surface area contributed by atoms with Gasteiger partial charge in [-0.1, -0.05) is 15.9 Å². The molecule has 2 nitrogen and oxygen atoms in total. The number of hydrogen-bond acceptors (Lipinski definition) is 2. The van der Waals surface area contributed by atoms with Crippen molar-refractivity contribution in [2.24, 2.45) is 0 Å². The predicted molar refractivity (Wildman–Crippen MR) is 91.2 cm³/mol. The topological polar surface area (TPSA) is 29.1 Å². The van der Waals surface area contributed by atoms with Crippen molar-refractivity contribution in [3.8, 4) is 0 Å². The van der Waals surface area contributed by atoms with Crippen LogP contribution in [0.3, 0.4) is 0 Å². The second kappa shape index (κ2) is 6.43. The molecular weight excluding hydrogens is 458 g/mol. The van der Waals surface area contributed by atoms with Gasteiger partial charge in [-0.05, 0) is 68.3 Å². The largest absolute Gasteiger partial charge is 0.321 e. The van der Waals surface area contributed by atoms with Crippen LogP contribution < -0.4 is 5.32 Å². The van der Waals surface area contributed by atoms with Gasteiger partial charge in [0.2, 0.25) is 0 Å². The van der Waals surface area contributed by atoms with Crippen LogP contribution in [0.1, 0.15) is 10.4 Å². The summed E-state index contributed by atoms with van der Waals surface area (Å²) in [4.78, 5) is 13.0. The third kappa shape index (κ3) is 3.84. The summed E-state index contributed by atoms with van der Waals surface area (Å²) in [5, 5.41) is 2.86. The Labute approximate surface area is 141 Å². The summed E-state index contributed by atoms with van der Waals surface area (Å²) >= 11 is 14.4. The zero-order valence-corrected chi connectivity index (χ0v) is 15.1. The van der Waals surface area contributed by atoms with Gasteiger partial charge in [0.1, 0.15) is 0 Å². The van der Waals surface area contributed by atoms with Crippen molar-refractivity contribution in [1.82, 2.24) is 0 Å². The van der Waals surface area contributed by atoms with Gasteiger partial charge in [0.15, 0.2) is 0 Å². The minimum absolute atomic E-state index is 0.193. The lowest BCUT2D eigenvalue weighted by molar-refractivity contribution is 0.102. The van der Waals surface area contributed by atoms with E-state index < -0.39 is 0 Å². The van der Waals surface area contributed by atoms with E-state index in [1.54, 1.807) is 12.1 Å². The van der Waals surface area contributed by atoms with E-state index in [4.69, 9.17) is 0 Å². The van der Waals surface area contributed by atoms with E-state index in [9.17, 15) is 4.79 Å². The summed E-state index contributed by atoms with van der Waals surface area (Å²) in [5.41, 5.74) is 1.25. The summed E-state index contributed by atoms with van der Waals surface area (Å²) in [6.45, 7) is 0. The van der Waals surface area contributed by atoms with E-state index >= 15 is 0 Å². The van der Waals surface area contributed by atoms with Crippen molar-refractivity contribution >= 4 is 72.0 Å². The maximum absolute atomic E-state index is 12.2. The maximum atomic E-state index is 12.2. The van der Waals surface area contributed by atoms with Crippen LogP contribution in [0.4, 0.5) is 5.69 Å². The number of nitrogens with one attached hydrogen (secondary N) is 1. The molecule has 0 saturated heterocycles. The van der Waals surface area contributed by atoms with Gasteiger partial charge in [-0.3, -0.25) is 4.79 Å². The summed E-state index contributed by atoms with van der Waals surface area (Å²) in [7, 11) is 0. The number of carbonyl (C=O) groups is 1. The number of thiol groups is 1. The second-order valence-corrected chi connectivity index (χ2v) is 6.88. The van der Waals surface area contributed by atoms with Crippen LogP contribution in [0.5, 0.6) is 0 Å². The average Bonchev–Trinajstić information content (AvgIpc) is 2.36. The number of halogens is 3. The van der Waals surface area contributed by atoms with Crippen molar-refractivity contribution in [3.05, 3.63) is 55.4 Å². The number of hydrogen-bond donors (Lipinski definition) is 2. The molecule has 6 heteroatoms. The smallest absolute Gasteiger partial charge is 0.256 e. The quantitative estimate of drug-likeness (QED) is 0.562. The predicted octanol–water partition coefficient (Wildman–Crippen LogP) is 5.52. The Balaban J connectivity index is 2.30. The first-order chi connectivity index (χ1) is 8.97. The molecule has 2 rings (SSSR count). The standard InChI is InChI=1S/C13H8Br3NOS/c14-7-1-3-11(16)12(5-7)17-13(18)9-6-8(19)2-4-10(9)15/h1-6,19H,(H,17,18). The highest BCUT2D eigenvalue weighted by Crippen LogP contribution is 2.28. The van der Waals surface area contributed by atoms with E-state index in [1.807, 2.05) is 24.3 Å². The molecule has 0 unspecified atom stereocenters. The number of rotatable bonds is 2. The minimum atomic E-state index is -0.193. The molecule has 0 fully saturated rings. The molecule has 2 aromatic rings. The Morgan fingerprint density at radius 3 is 2.42 bits per heavy atom. The minimum Gasteiger partial charge on any atom is -0.321 e. The fraction of sp³-hybridized carbons (Fsp3) is 0. The highest BCUT2D eigenvalue weighted by Gasteiger charge is 2.12. The van der Waals surface area contributed by atoms with Gasteiger partial charge in [0.25, 0.3) is 5.91 Å². The van der Waals surface area contributed by atoms with Gasteiger partial charge in [-0.25, -0.2) is 0 Å². The van der Waals surface area contributed by atoms with Gasteiger partial charge < -0.3 is 5.32 Å². The molecule has 0 aliphatic rings. The Kier molecular flexibility index (Phi) is 5.11. The number of anilines is 1.